The molecular formula is C19H13F3N4O. The number of rotatable bonds is 4. The molecule has 0 fully saturated rings. The molecule has 8 heteroatoms. The van der Waals surface area contributed by atoms with Gasteiger partial charge in [0.25, 0.3) is 0 Å². The zero-order valence-electron chi connectivity index (χ0n) is 14.1. The van der Waals surface area contributed by atoms with Crippen molar-refractivity contribution in [1.29, 1.82) is 5.26 Å². The maximum absolute atomic E-state index is 13.3. The topological polar surface area (TPSA) is 62.0 Å². The number of ether oxygens (including phenoxy) is 1. The van der Waals surface area contributed by atoms with Gasteiger partial charge in [0.15, 0.2) is 0 Å². The highest BCUT2D eigenvalue weighted by Gasteiger charge is 2.36. The number of hydrogen-bond acceptors (Lipinski definition) is 5. The summed E-state index contributed by atoms with van der Waals surface area (Å²) >= 11 is 0. The summed E-state index contributed by atoms with van der Waals surface area (Å²) in [5.74, 6) is -0.368. The standard InChI is InChI=1S/C19H13F3N4O/c1-26(14-7-5-6-13(10-14)11-23)18-24-12-16(19(20,21)22)17(25-18)27-15-8-3-2-4-9-15/h2-10,12H,1H3. The summed E-state index contributed by atoms with van der Waals surface area (Å²) in [6, 6.07) is 16.6. The van der Waals surface area contributed by atoms with E-state index in [4.69, 9.17) is 10.00 Å². The molecule has 0 saturated carbocycles. The van der Waals surface area contributed by atoms with Crippen molar-refractivity contribution >= 4 is 11.6 Å². The molecule has 0 bridgehead atoms. The number of nitriles is 1. The van der Waals surface area contributed by atoms with Crippen LogP contribution in [-0.2, 0) is 6.18 Å². The molecule has 1 aromatic heterocycles. The van der Waals surface area contributed by atoms with Crippen LogP contribution in [0.3, 0.4) is 0 Å². The number of alkyl halides is 3. The summed E-state index contributed by atoms with van der Waals surface area (Å²) in [6.07, 6.45) is -3.98. The number of para-hydroxylation sites is 1. The van der Waals surface area contributed by atoms with Gasteiger partial charge in [-0.05, 0) is 30.3 Å². The molecule has 5 nitrogen and oxygen atoms in total. The van der Waals surface area contributed by atoms with Gasteiger partial charge in [-0.2, -0.15) is 23.4 Å². The SMILES string of the molecule is CN(c1cccc(C#N)c1)c1ncc(C(F)(F)F)c(Oc2ccccc2)n1. The molecule has 0 aliphatic carbocycles. The van der Waals surface area contributed by atoms with Gasteiger partial charge >= 0.3 is 6.18 Å². The van der Waals surface area contributed by atoms with Crippen molar-refractivity contribution in [3.8, 4) is 17.7 Å². The summed E-state index contributed by atoms with van der Waals surface area (Å²) < 4.78 is 45.2. The van der Waals surface area contributed by atoms with Crippen LogP contribution in [0.1, 0.15) is 11.1 Å². The molecule has 0 atom stereocenters. The van der Waals surface area contributed by atoms with Crippen LogP contribution in [0.15, 0.2) is 60.8 Å². The van der Waals surface area contributed by atoms with Crippen LogP contribution in [0.5, 0.6) is 11.6 Å². The molecule has 0 saturated heterocycles. The average Bonchev–Trinajstić information content (AvgIpc) is 2.67. The quantitative estimate of drug-likeness (QED) is 0.652. The fourth-order valence-electron chi connectivity index (χ4n) is 2.29. The predicted molar refractivity (Wildman–Crippen MR) is 92.8 cm³/mol. The van der Waals surface area contributed by atoms with Crippen LogP contribution in [0, 0.1) is 11.3 Å². The highest BCUT2D eigenvalue weighted by Crippen LogP contribution is 2.37. The summed E-state index contributed by atoms with van der Waals surface area (Å²) in [5, 5.41) is 9.00. The van der Waals surface area contributed by atoms with Crippen LogP contribution >= 0.6 is 0 Å². The zero-order valence-corrected chi connectivity index (χ0v) is 14.1. The highest BCUT2D eigenvalue weighted by molar-refractivity contribution is 5.59. The first-order valence-electron chi connectivity index (χ1n) is 7.79. The third-order valence-electron chi connectivity index (χ3n) is 3.67. The maximum atomic E-state index is 13.3. The van der Waals surface area contributed by atoms with Crippen molar-refractivity contribution in [3.63, 3.8) is 0 Å². The minimum atomic E-state index is -4.66. The van der Waals surface area contributed by atoms with E-state index in [-0.39, 0.29) is 11.7 Å². The molecule has 3 aromatic rings. The van der Waals surface area contributed by atoms with Crippen LogP contribution in [-0.4, -0.2) is 17.0 Å². The summed E-state index contributed by atoms with van der Waals surface area (Å²) in [4.78, 5) is 9.24. The lowest BCUT2D eigenvalue weighted by Gasteiger charge is -2.19. The van der Waals surface area contributed by atoms with Gasteiger partial charge in [0.1, 0.15) is 11.3 Å². The van der Waals surface area contributed by atoms with E-state index in [9.17, 15) is 13.2 Å². The Bertz CT molecular complexity index is 984. The Morgan fingerprint density at radius 2 is 1.81 bits per heavy atom. The molecule has 136 valence electrons. The van der Waals surface area contributed by atoms with E-state index >= 15 is 0 Å². The van der Waals surface area contributed by atoms with Crippen molar-refractivity contribution in [2.75, 3.05) is 11.9 Å². The fourth-order valence-corrected chi connectivity index (χ4v) is 2.29. The number of hydrogen-bond donors (Lipinski definition) is 0. The van der Waals surface area contributed by atoms with Gasteiger partial charge in [-0.3, -0.25) is 0 Å². The van der Waals surface area contributed by atoms with Gasteiger partial charge in [0.2, 0.25) is 11.8 Å². The third-order valence-corrected chi connectivity index (χ3v) is 3.67. The monoisotopic (exact) mass is 370 g/mol. The smallest absolute Gasteiger partial charge is 0.423 e. The highest BCUT2D eigenvalue weighted by atomic mass is 19.4. The Kier molecular flexibility index (Phi) is 4.94. The second-order valence-electron chi connectivity index (χ2n) is 5.52. The van der Waals surface area contributed by atoms with E-state index in [2.05, 4.69) is 9.97 Å². The second kappa shape index (κ2) is 7.33. The summed E-state index contributed by atoms with van der Waals surface area (Å²) in [6.45, 7) is 0. The Labute approximate surface area is 153 Å². The lowest BCUT2D eigenvalue weighted by molar-refractivity contribution is -0.139. The lowest BCUT2D eigenvalue weighted by Crippen LogP contribution is -2.16. The molecule has 27 heavy (non-hydrogen) atoms. The molecule has 1 heterocycles. The number of nitrogens with zero attached hydrogens (tertiary/aromatic N) is 4. The van der Waals surface area contributed by atoms with Gasteiger partial charge in [-0.1, -0.05) is 24.3 Å². The average molecular weight is 370 g/mol. The van der Waals surface area contributed by atoms with Crippen molar-refractivity contribution in [2.45, 2.75) is 6.18 Å². The van der Waals surface area contributed by atoms with E-state index in [0.717, 1.165) is 0 Å². The molecule has 3 rings (SSSR count). The van der Waals surface area contributed by atoms with Crippen LogP contribution in [0.4, 0.5) is 24.8 Å². The Balaban J connectivity index is 2.02. The molecule has 0 N–H and O–H groups in total. The first-order valence-corrected chi connectivity index (χ1v) is 7.79. The number of benzene rings is 2. The number of aromatic nitrogens is 2. The van der Waals surface area contributed by atoms with Gasteiger partial charge in [-0.15, -0.1) is 0 Å². The Morgan fingerprint density at radius 1 is 1.07 bits per heavy atom. The second-order valence-corrected chi connectivity index (χ2v) is 5.52. The van der Waals surface area contributed by atoms with Crippen molar-refractivity contribution in [3.05, 3.63) is 71.9 Å². The van der Waals surface area contributed by atoms with Crippen LogP contribution in [0.2, 0.25) is 0 Å². The first-order chi connectivity index (χ1) is 12.9. The van der Waals surface area contributed by atoms with Crippen molar-refractivity contribution in [2.24, 2.45) is 0 Å². The normalized spacial score (nSPS) is 10.9. The molecule has 0 radical (unpaired) electrons. The molecule has 0 aliphatic rings. The minimum Gasteiger partial charge on any atom is -0.438 e. The van der Waals surface area contributed by atoms with Crippen molar-refractivity contribution < 1.29 is 17.9 Å². The molecule has 0 spiro atoms. The Morgan fingerprint density at radius 3 is 2.48 bits per heavy atom. The molecule has 0 aliphatic heterocycles. The maximum Gasteiger partial charge on any atom is 0.423 e. The van der Waals surface area contributed by atoms with Crippen molar-refractivity contribution in [1.82, 2.24) is 9.97 Å². The third kappa shape index (κ3) is 4.15. The number of anilines is 2. The molecule has 0 amide bonds. The van der Waals surface area contributed by atoms with E-state index < -0.39 is 17.6 Å². The molecule has 2 aromatic carbocycles. The van der Waals surface area contributed by atoms with E-state index in [1.54, 1.807) is 49.5 Å². The van der Waals surface area contributed by atoms with Crippen LogP contribution < -0.4 is 9.64 Å². The molecular weight excluding hydrogens is 357 g/mol. The summed E-state index contributed by atoms with van der Waals surface area (Å²) in [5.41, 5.74) is -0.110. The Hall–Kier alpha value is -3.60. The van der Waals surface area contributed by atoms with E-state index in [1.165, 1.54) is 17.0 Å². The van der Waals surface area contributed by atoms with E-state index in [0.29, 0.717) is 17.4 Å². The first kappa shape index (κ1) is 18.2. The van der Waals surface area contributed by atoms with E-state index in [1.807, 2.05) is 6.07 Å². The van der Waals surface area contributed by atoms with Gasteiger partial charge < -0.3 is 9.64 Å². The van der Waals surface area contributed by atoms with Gasteiger partial charge in [0, 0.05) is 18.9 Å². The van der Waals surface area contributed by atoms with Gasteiger partial charge in [-0.25, -0.2) is 4.98 Å². The summed E-state index contributed by atoms with van der Waals surface area (Å²) in [7, 11) is 1.59. The predicted octanol–water partition coefficient (Wildman–Crippen LogP) is 4.93. The minimum absolute atomic E-state index is 0.00372. The zero-order chi connectivity index (χ0) is 19.4. The number of halogens is 3. The fraction of sp³-hybridized carbons (Fsp3) is 0.105. The largest absolute Gasteiger partial charge is 0.438 e. The lowest BCUT2D eigenvalue weighted by atomic mass is 10.2. The van der Waals surface area contributed by atoms with Crippen LogP contribution in [0.25, 0.3) is 0 Å². The molecule has 0 unspecified atom stereocenters. The van der Waals surface area contributed by atoms with Gasteiger partial charge in [0.05, 0.1) is 11.6 Å².